The number of halogens is 1. The summed E-state index contributed by atoms with van der Waals surface area (Å²) in [5.41, 5.74) is 3.51. The lowest BCUT2D eigenvalue weighted by Gasteiger charge is -2.23. The molecule has 0 N–H and O–H groups in total. The van der Waals surface area contributed by atoms with Gasteiger partial charge in [0.25, 0.3) is 0 Å². The van der Waals surface area contributed by atoms with Gasteiger partial charge in [-0.05, 0) is 24.3 Å². The molecule has 19 heavy (non-hydrogen) atoms. The van der Waals surface area contributed by atoms with E-state index in [2.05, 4.69) is 43.7 Å². The molecule has 0 bridgehead atoms. The van der Waals surface area contributed by atoms with E-state index >= 15 is 0 Å². The number of benzene rings is 1. The standard InChI is InChI=1S/C17H18ClN/c1-17(2,3)16-12-14(10-11-19-16)5-4-13-6-8-15(18)9-7-13/h6-10H,11-12H2,1-3H3. The second-order valence-corrected chi connectivity index (χ2v) is 6.14. The van der Waals surface area contributed by atoms with E-state index in [0.717, 1.165) is 29.1 Å². The number of hydrogen-bond acceptors (Lipinski definition) is 1. The van der Waals surface area contributed by atoms with Gasteiger partial charge in [0.2, 0.25) is 0 Å². The third kappa shape index (κ3) is 3.98. The number of aliphatic imine (C=N–C) groups is 1. The van der Waals surface area contributed by atoms with Gasteiger partial charge in [0.15, 0.2) is 0 Å². The fraction of sp³-hybridized carbons (Fsp3) is 0.353. The highest BCUT2D eigenvalue weighted by Gasteiger charge is 2.20. The Morgan fingerprint density at radius 3 is 2.42 bits per heavy atom. The predicted molar refractivity (Wildman–Crippen MR) is 82.8 cm³/mol. The molecule has 0 amide bonds. The van der Waals surface area contributed by atoms with E-state index in [4.69, 9.17) is 11.6 Å². The van der Waals surface area contributed by atoms with Gasteiger partial charge in [0, 0.05) is 33.7 Å². The maximum atomic E-state index is 5.85. The first kappa shape index (κ1) is 13.9. The van der Waals surface area contributed by atoms with Crippen molar-refractivity contribution in [1.82, 2.24) is 0 Å². The van der Waals surface area contributed by atoms with Gasteiger partial charge >= 0.3 is 0 Å². The van der Waals surface area contributed by atoms with Crippen LogP contribution in [0, 0.1) is 17.3 Å². The van der Waals surface area contributed by atoms with Crippen molar-refractivity contribution in [2.45, 2.75) is 27.2 Å². The average molecular weight is 272 g/mol. The molecule has 1 nitrogen and oxygen atoms in total. The van der Waals surface area contributed by atoms with E-state index < -0.39 is 0 Å². The molecule has 2 heteroatoms. The molecule has 0 aliphatic carbocycles. The van der Waals surface area contributed by atoms with Crippen LogP contribution in [0.3, 0.4) is 0 Å². The number of rotatable bonds is 0. The molecular formula is C17H18ClN. The highest BCUT2D eigenvalue weighted by Crippen LogP contribution is 2.23. The van der Waals surface area contributed by atoms with Crippen molar-refractivity contribution >= 4 is 17.3 Å². The van der Waals surface area contributed by atoms with E-state index in [0.29, 0.717) is 0 Å². The molecule has 0 atom stereocenters. The topological polar surface area (TPSA) is 12.4 Å². The van der Waals surface area contributed by atoms with Crippen molar-refractivity contribution in [2.75, 3.05) is 6.54 Å². The van der Waals surface area contributed by atoms with Crippen LogP contribution >= 0.6 is 11.6 Å². The van der Waals surface area contributed by atoms with Crippen molar-refractivity contribution in [3.63, 3.8) is 0 Å². The molecule has 1 aliphatic heterocycles. The Morgan fingerprint density at radius 1 is 1.11 bits per heavy atom. The molecule has 1 aromatic rings. The van der Waals surface area contributed by atoms with E-state index in [1.165, 1.54) is 5.71 Å². The van der Waals surface area contributed by atoms with E-state index in [1.807, 2.05) is 24.3 Å². The summed E-state index contributed by atoms with van der Waals surface area (Å²) in [6.07, 6.45) is 2.97. The Bertz CT molecular complexity index is 574. The van der Waals surface area contributed by atoms with Crippen LogP contribution in [0.15, 0.2) is 40.9 Å². The second-order valence-electron chi connectivity index (χ2n) is 5.70. The Hall–Kier alpha value is -1.52. The zero-order chi connectivity index (χ0) is 13.9. The Morgan fingerprint density at radius 2 is 1.79 bits per heavy atom. The molecule has 0 saturated carbocycles. The first-order chi connectivity index (χ1) is 8.95. The number of dihydropyridines is 1. The van der Waals surface area contributed by atoms with Crippen LogP contribution < -0.4 is 0 Å². The van der Waals surface area contributed by atoms with Gasteiger partial charge in [-0.25, -0.2) is 0 Å². The highest BCUT2D eigenvalue weighted by molar-refractivity contribution is 6.30. The van der Waals surface area contributed by atoms with Crippen LogP contribution in [-0.4, -0.2) is 12.3 Å². The first-order valence-electron chi connectivity index (χ1n) is 6.45. The Balaban J connectivity index is 2.10. The van der Waals surface area contributed by atoms with Crippen molar-refractivity contribution < 1.29 is 0 Å². The number of nitrogens with zero attached hydrogens (tertiary/aromatic N) is 1. The smallest absolute Gasteiger partial charge is 0.0582 e. The summed E-state index contributed by atoms with van der Waals surface area (Å²) in [7, 11) is 0. The third-order valence-electron chi connectivity index (χ3n) is 3.06. The summed E-state index contributed by atoms with van der Waals surface area (Å²) in [4.78, 5) is 4.57. The van der Waals surface area contributed by atoms with E-state index in [9.17, 15) is 0 Å². The summed E-state index contributed by atoms with van der Waals surface area (Å²) in [5, 5.41) is 0.740. The van der Waals surface area contributed by atoms with Crippen LogP contribution in [0.25, 0.3) is 0 Å². The minimum Gasteiger partial charge on any atom is -0.289 e. The zero-order valence-electron chi connectivity index (χ0n) is 11.6. The molecular weight excluding hydrogens is 254 g/mol. The van der Waals surface area contributed by atoms with Crippen LogP contribution in [0.4, 0.5) is 0 Å². The highest BCUT2D eigenvalue weighted by atomic mass is 35.5. The molecule has 1 aliphatic rings. The van der Waals surface area contributed by atoms with Crippen LogP contribution in [-0.2, 0) is 0 Å². The molecule has 1 aromatic carbocycles. The third-order valence-corrected chi connectivity index (χ3v) is 3.31. The Kier molecular flexibility index (Phi) is 4.12. The zero-order valence-corrected chi connectivity index (χ0v) is 12.4. The van der Waals surface area contributed by atoms with Crippen LogP contribution in [0.2, 0.25) is 5.02 Å². The van der Waals surface area contributed by atoms with Gasteiger partial charge in [0.05, 0.1) is 6.54 Å². The average Bonchev–Trinajstić information content (AvgIpc) is 2.37. The summed E-state index contributed by atoms with van der Waals surface area (Å²) in [5.74, 6) is 6.43. The van der Waals surface area contributed by atoms with Gasteiger partial charge < -0.3 is 0 Å². The van der Waals surface area contributed by atoms with Gasteiger partial charge in [-0.15, -0.1) is 0 Å². The van der Waals surface area contributed by atoms with Crippen molar-refractivity contribution in [1.29, 1.82) is 0 Å². The number of hydrogen-bond donors (Lipinski definition) is 0. The molecule has 0 spiro atoms. The minimum absolute atomic E-state index is 0.126. The lowest BCUT2D eigenvalue weighted by atomic mass is 9.85. The second kappa shape index (κ2) is 5.63. The molecule has 0 aromatic heterocycles. The number of allylic oxidation sites excluding steroid dienone is 1. The molecule has 0 fully saturated rings. The van der Waals surface area contributed by atoms with Gasteiger partial charge in [-0.1, -0.05) is 50.3 Å². The molecule has 0 saturated heterocycles. The lowest BCUT2D eigenvalue weighted by Crippen LogP contribution is -2.23. The maximum Gasteiger partial charge on any atom is 0.0582 e. The largest absolute Gasteiger partial charge is 0.289 e. The van der Waals surface area contributed by atoms with Gasteiger partial charge in [-0.3, -0.25) is 4.99 Å². The fourth-order valence-electron chi connectivity index (χ4n) is 1.86. The fourth-order valence-corrected chi connectivity index (χ4v) is 1.98. The normalized spacial score (nSPS) is 15.2. The summed E-state index contributed by atoms with van der Waals surface area (Å²) >= 11 is 5.85. The van der Waals surface area contributed by atoms with Crippen molar-refractivity contribution in [2.24, 2.45) is 10.4 Å². The molecule has 2 rings (SSSR count). The summed E-state index contributed by atoms with van der Waals surface area (Å²) < 4.78 is 0. The molecule has 0 radical (unpaired) electrons. The predicted octanol–water partition coefficient (Wildman–Crippen LogP) is 4.51. The summed E-state index contributed by atoms with van der Waals surface area (Å²) in [6, 6.07) is 7.61. The molecule has 0 unspecified atom stereocenters. The monoisotopic (exact) mass is 271 g/mol. The van der Waals surface area contributed by atoms with Gasteiger partial charge in [-0.2, -0.15) is 0 Å². The van der Waals surface area contributed by atoms with Crippen molar-refractivity contribution in [3.05, 3.63) is 46.5 Å². The summed E-state index contributed by atoms with van der Waals surface area (Å²) in [6.45, 7) is 7.33. The maximum absolute atomic E-state index is 5.85. The van der Waals surface area contributed by atoms with E-state index in [1.54, 1.807) is 0 Å². The van der Waals surface area contributed by atoms with Crippen molar-refractivity contribution in [3.8, 4) is 11.8 Å². The van der Waals surface area contributed by atoms with Crippen LogP contribution in [0.5, 0.6) is 0 Å². The quantitative estimate of drug-likeness (QED) is 0.616. The van der Waals surface area contributed by atoms with Gasteiger partial charge in [0.1, 0.15) is 0 Å². The Labute approximate surface area is 120 Å². The SMILES string of the molecule is CC(C)(C)C1=NCC=C(C#Cc2ccc(Cl)cc2)C1. The lowest BCUT2D eigenvalue weighted by molar-refractivity contribution is 0.578. The van der Waals surface area contributed by atoms with E-state index in [-0.39, 0.29) is 5.41 Å². The first-order valence-corrected chi connectivity index (χ1v) is 6.83. The molecule has 1 heterocycles. The van der Waals surface area contributed by atoms with Crippen LogP contribution in [0.1, 0.15) is 32.8 Å². The molecule has 98 valence electrons. The minimum atomic E-state index is 0.126.